The molecule has 0 radical (unpaired) electrons. The zero-order chi connectivity index (χ0) is 18.7. The Kier molecular flexibility index (Phi) is 5.25. The zero-order valence-corrected chi connectivity index (χ0v) is 15.9. The Balaban J connectivity index is 1.69. The molecule has 0 amide bonds. The van der Waals surface area contributed by atoms with Crippen molar-refractivity contribution in [1.82, 2.24) is 9.71 Å². The molecule has 5 nitrogen and oxygen atoms in total. The monoisotopic (exact) mass is 370 g/mol. The number of sulfonamides is 1. The highest BCUT2D eigenvalue weighted by Crippen LogP contribution is 2.22. The van der Waals surface area contributed by atoms with E-state index < -0.39 is 10.0 Å². The van der Waals surface area contributed by atoms with Crippen LogP contribution in [0.1, 0.15) is 22.6 Å². The molecule has 3 aromatic rings. The van der Waals surface area contributed by atoms with Crippen molar-refractivity contribution in [2.45, 2.75) is 32.1 Å². The first-order valence-electron chi connectivity index (χ1n) is 8.45. The lowest BCUT2D eigenvalue weighted by atomic mass is 10.1. The van der Waals surface area contributed by atoms with E-state index in [9.17, 15) is 8.42 Å². The summed E-state index contributed by atoms with van der Waals surface area (Å²) in [7, 11) is -3.53. The minimum Gasteiger partial charge on any atom is -0.441 e. The zero-order valence-electron chi connectivity index (χ0n) is 15.1. The van der Waals surface area contributed by atoms with E-state index in [0.717, 1.165) is 16.8 Å². The molecule has 1 heterocycles. The van der Waals surface area contributed by atoms with Crippen LogP contribution in [-0.2, 0) is 16.4 Å². The first-order chi connectivity index (χ1) is 12.4. The summed E-state index contributed by atoms with van der Waals surface area (Å²) in [5.41, 5.74) is 3.56. The summed E-state index contributed by atoms with van der Waals surface area (Å²) in [6.45, 7) is 5.91. The van der Waals surface area contributed by atoms with E-state index in [1.165, 1.54) is 5.56 Å². The molecule has 0 atom stereocenters. The van der Waals surface area contributed by atoms with Gasteiger partial charge in [-0.1, -0.05) is 35.9 Å². The summed E-state index contributed by atoms with van der Waals surface area (Å²) in [4.78, 5) is 4.82. The fourth-order valence-electron chi connectivity index (χ4n) is 2.72. The van der Waals surface area contributed by atoms with Crippen LogP contribution in [0.2, 0.25) is 0 Å². The van der Waals surface area contributed by atoms with Crippen molar-refractivity contribution in [3.63, 3.8) is 0 Å². The van der Waals surface area contributed by atoms with Crippen molar-refractivity contribution >= 4 is 10.0 Å². The summed E-state index contributed by atoms with van der Waals surface area (Å²) in [6.07, 6.45) is 0.465. The Hall–Kier alpha value is -2.44. The van der Waals surface area contributed by atoms with Crippen molar-refractivity contribution in [3.8, 4) is 11.5 Å². The van der Waals surface area contributed by atoms with Crippen molar-refractivity contribution in [2.24, 2.45) is 0 Å². The maximum absolute atomic E-state index is 12.4. The predicted molar refractivity (Wildman–Crippen MR) is 101 cm³/mol. The van der Waals surface area contributed by atoms with Crippen LogP contribution in [-0.4, -0.2) is 19.9 Å². The average Bonchev–Trinajstić information content (AvgIpc) is 2.96. The molecule has 2 aromatic carbocycles. The Labute approximate surface area is 154 Å². The van der Waals surface area contributed by atoms with Crippen molar-refractivity contribution < 1.29 is 12.8 Å². The molecule has 26 heavy (non-hydrogen) atoms. The number of aromatic nitrogens is 1. The number of rotatable bonds is 6. The van der Waals surface area contributed by atoms with E-state index in [2.05, 4.69) is 9.71 Å². The quantitative estimate of drug-likeness (QED) is 0.716. The number of hydrogen-bond donors (Lipinski definition) is 1. The van der Waals surface area contributed by atoms with Gasteiger partial charge in [0.1, 0.15) is 5.76 Å². The normalized spacial score (nSPS) is 11.7. The van der Waals surface area contributed by atoms with Crippen LogP contribution in [0.25, 0.3) is 11.5 Å². The Morgan fingerprint density at radius 1 is 1.00 bits per heavy atom. The highest BCUT2D eigenvalue weighted by molar-refractivity contribution is 7.89. The number of benzene rings is 2. The molecule has 0 aliphatic carbocycles. The number of nitrogens with zero attached hydrogens (tertiary/aromatic N) is 1. The molecule has 136 valence electrons. The van der Waals surface area contributed by atoms with E-state index in [4.69, 9.17) is 4.42 Å². The van der Waals surface area contributed by atoms with Gasteiger partial charge in [0.15, 0.2) is 0 Å². The van der Waals surface area contributed by atoms with Crippen LogP contribution in [0.15, 0.2) is 57.8 Å². The van der Waals surface area contributed by atoms with Crippen LogP contribution in [0.4, 0.5) is 0 Å². The van der Waals surface area contributed by atoms with Gasteiger partial charge in [-0.2, -0.15) is 0 Å². The van der Waals surface area contributed by atoms with E-state index in [0.29, 0.717) is 23.0 Å². The summed E-state index contributed by atoms with van der Waals surface area (Å²) >= 11 is 0. The molecule has 1 aromatic heterocycles. The van der Waals surface area contributed by atoms with Crippen molar-refractivity contribution in [1.29, 1.82) is 0 Å². The topological polar surface area (TPSA) is 72.2 Å². The van der Waals surface area contributed by atoms with Gasteiger partial charge in [-0.25, -0.2) is 18.1 Å². The van der Waals surface area contributed by atoms with Gasteiger partial charge in [0, 0.05) is 18.5 Å². The van der Waals surface area contributed by atoms with E-state index >= 15 is 0 Å². The molecule has 0 saturated carbocycles. The minimum atomic E-state index is -3.53. The van der Waals surface area contributed by atoms with Crippen LogP contribution < -0.4 is 4.72 Å². The summed E-state index contributed by atoms with van der Waals surface area (Å²) in [6, 6.07) is 14.9. The van der Waals surface area contributed by atoms with E-state index in [1.54, 1.807) is 25.1 Å². The number of nitrogens with one attached hydrogen (secondary N) is 1. The predicted octanol–water partition coefficient (Wildman–Crippen LogP) is 3.79. The van der Waals surface area contributed by atoms with Gasteiger partial charge in [-0.05, 0) is 44.5 Å². The van der Waals surface area contributed by atoms with Crippen LogP contribution in [0.3, 0.4) is 0 Å². The highest BCUT2D eigenvalue weighted by atomic mass is 32.2. The molecule has 6 heteroatoms. The second-order valence-corrected chi connectivity index (χ2v) is 8.04. The van der Waals surface area contributed by atoms with Gasteiger partial charge in [-0.3, -0.25) is 0 Å². The number of hydrogen-bond acceptors (Lipinski definition) is 4. The minimum absolute atomic E-state index is 0.261. The van der Waals surface area contributed by atoms with E-state index in [-0.39, 0.29) is 6.54 Å². The molecule has 0 bridgehead atoms. The molecule has 0 unspecified atom stereocenters. The molecule has 0 saturated heterocycles. The third-order valence-corrected chi connectivity index (χ3v) is 5.85. The third-order valence-electron chi connectivity index (χ3n) is 4.23. The maximum atomic E-state index is 12.4. The van der Waals surface area contributed by atoms with Crippen LogP contribution in [0, 0.1) is 20.8 Å². The standard InChI is InChI=1S/C20H22N2O3S/c1-14-8-10-17(11-9-14)20-22-18(16(3)25-20)12-13-21-26(23,24)19-7-5-4-6-15(19)2/h4-11,21H,12-13H2,1-3H3. The third kappa shape index (κ3) is 4.03. The first-order valence-corrected chi connectivity index (χ1v) is 9.94. The van der Waals surface area contributed by atoms with Gasteiger partial charge in [0.2, 0.25) is 15.9 Å². The first kappa shape index (κ1) is 18.4. The fraction of sp³-hybridized carbons (Fsp3) is 0.250. The van der Waals surface area contributed by atoms with Crippen molar-refractivity contribution in [3.05, 3.63) is 71.1 Å². The van der Waals surface area contributed by atoms with E-state index in [1.807, 2.05) is 44.2 Å². The Bertz CT molecular complexity index is 1010. The summed E-state index contributed by atoms with van der Waals surface area (Å²) in [5, 5.41) is 0. The lowest BCUT2D eigenvalue weighted by Gasteiger charge is -2.08. The molecule has 0 spiro atoms. The van der Waals surface area contributed by atoms with Gasteiger partial charge < -0.3 is 4.42 Å². The number of oxazole rings is 1. The Morgan fingerprint density at radius 2 is 1.69 bits per heavy atom. The molecular weight excluding hydrogens is 348 g/mol. The largest absolute Gasteiger partial charge is 0.441 e. The number of aryl methyl sites for hydroxylation is 3. The second kappa shape index (κ2) is 7.43. The molecular formula is C20H22N2O3S. The van der Waals surface area contributed by atoms with Gasteiger partial charge in [0.25, 0.3) is 0 Å². The van der Waals surface area contributed by atoms with Crippen molar-refractivity contribution in [2.75, 3.05) is 6.54 Å². The SMILES string of the molecule is Cc1ccc(-c2nc(CCNS(=O)(=O)c3ccccc3C)c(C)o2)cc1. The smallest absolute Gasteiger partial charge is 0.240 e. The average molecular weight is 370 g/mol. The lowest BCUT2D eigenvalue weighted by Crippen LogP contribution is -2.26. The lowest BCUT2D eigenvalue weighted by molar-refractivity contribution is 0.538. The molecule has 0 aliphatic rings. The Morgan fingerprint density at radius 3 is 2.38 bits per heavy atom. The highest BCUT2D eigenvalue weighted by Gasteiger charge is 2.17. The molecule has 0 aliphatic heterocycles. The molecule has 3 rings (SSSR count). The van der Waals surface area contributed by atoms with Crippen LogP contribution in [0.5, 0.6) is 0 Å². The summed E-state index contributed by atoms with van der Waals surface area (Å²) in [5.74, 6) is 1.26. The molecule has 0 fully saturated rings. The molecule has 1 N–H and O–H groups in total. The fourth-order valence-corrected chi connectivity index (χ4v) is 4.00. The van der Waals surface area contributed by atoms with Gasteiger partial charge >= 0.3 is 0 Å². The van der Waals surface area contributed by atoms with Crippen LogP contribution >= 0.6 is 0 Å². The maximum Gasteiger partial charge on any atom is 0.240 e. The van der Waals surface area contributed by atoms with Gasteiger partial charge in [0.05, 0.1) is 10.6 Å². The van der Waals surface area contributed by atoms with Gasteiger partial charge in [-0.15, -0.1) is 0 Å². The second-order valence-electron chi connectivity index (χ2n) is 6.30. The summed E-state index contributed by atoms with van der Waals surface area (Å²) < 4.78 is 33.2.